The highest BCUT2D eigenvalue weighted by Gasteiger charge is 2.29. The molecular formula is C11H15N3O4S3. The molecule has 1 atom stereocenters. The molecule has 2 heterocycles. The molecule has 7 nitrogen and oxygen atoms in total. The molecule has 2 rings (SSSR count). The minimum Gasteiger partial charge on any atom is -0.388 e. The lowest BCUT2D eigenvalue weighted by atomic mass is 10.1. The van der Waals surface area contributed by atoms with Crippen LogP contribution in [0.2, 0.25) is 0 Å². The number of sulfone groups is 1. The van der Waals surface area contributed by atoms with Crippen LogP contribution in [0.15, 0.2) is 23.2 Å². The number of rotatable bonds is 5. The summed E-state index contributed by atoms with van der Waals surface area (Å²) >= 11 is 4.74. The second-order valence-corrected chi connectivity index (χ2v) is 9.30. The number of nitrogens with two attached hydrogens (primary N) is 1. The third-order valence-electron chi connectivity index (χ3n) is 3.19. The predicted molar refractivity (Wildman–Crippen MR) is 82.1 cm³/mol. The molecule has 3 N–H and O–H groups in total. The summed E-state index contributed by atoms with van der Waals surface area (Å²) in [7, 11) is -6.74. The summed E-state index contributed by atoms with van der Waals surface area (Å²) in [5, 5.41) is 0. The first kappa shape index (κ1) is 16.3. The van der Waals surface area contributed by atoms with Crippen molar-refractivity contribution in [2.45, 2.75) is 11.3 Å². The molecule has 0 radical (unpaired) electrons. The average molecular weight is 349 g/mol. The normalized spacial score (nSPS) is 21.2. The molecule has 0 aliphatic carbocycles. The maximum atomic E-state index is 12.1. The molecule has 0 spiro atoms. The number of hydrogen-bond acceptors (Lipinski definition) is 6. The van der Waals surface area contributed by atoms with Crippen molar-refractivity contribution < 1.29 is 16.8 Å². The van der Waals surface area contributed by atoms with E-state index < -0.39 is 19.9 Å². The van der Waals surface area contributed by atoms with Gasteiger partial charge in [-0.05, 0) is 24.5 Å². The lowest BCUT2D eigenvalue weighted by Gasteiger charge is -2.10. The van der Waals surface area contributed by atoms with Crippen LogP contribution in [0.5, 0.6) is 0 Å². The number of aromatic nitrogens is 1. The van der Waals surface area contributed by atoms with Crippen molar-refractivity contribution in [3.63, 3.8) is 0 Å². The fourth-order valence-electron chi connectivity index (χ4n) is 2.03. The van der Waals surface area contributed by atoms with E-state index >= 15 is 0 Å². The Morgan fingerprint density at radius 3 is 2.67 bits per heavy atom. The van der Waals surface area contributed by atoms with Crippen molar-refractivity contribution in [2.75, 3.05) is 18.1 Å². The summed E-state index contributed by atoms with van der Waals surface area (Å²) in [6.45, 7) is 0.0958. The fourth-order valence-corrected chi connectivity index (χ4v) is 5.07. The van der Waals surface area contributed by atoms with Crippen LogP contribution in [0.4, 0.5) is 0 Å². The zero-order chi connectivity index (χ0) is 15.7. The Bertz CT molecular complexity index is 741. The zero-order valence-corrected chi connectivity index (χ0v) is 13.5. The number of nitrogens with zero attached hydrogens (tertiary/aromatic N) is 1. The third-order valence-corrected chi connectivity index (χ3v) is 6.64. The third kappa shape index (κ3) is 4.19. The SMILES string of the molecule is NC(=S)c1ccc(S(=O)(=O)NCC2CCS(=O)(=O)C2)cn1. The number of hydrogen-bond donors (Lipinski definition) is 2. The highest BCUT2D eigenvalue weighted by Crippen LogP contribution is 2.18. The van der Waals surface area contributed by atoms with Gasteiger partial charge in [-0.15, -0.1) is 0 Å². The summed E-state index contributed by atoms with van der Waals surface area (Å²) in [5.41, 5.74) is 5.73. The van der Waals surface area contributed by atoms with Crippen LogP contribution in [0, 0.1) is 5.92 Å². The molecule has 1 unspecified atom stereocenters. The molecule has 1 fully saturated rings. The molecule has 21 heavy (non-hydrogen) atoms. The van der Waals surface area contributed by atoms with E-state index in [4.69, 9.17) is 18.0 Å². The van der Waals surface area contributed by atoms with E-state index in [1.54, 1.807) is 0 Å². The highest BCUT2D eigenvalue weighted by atomic mass is 32.2. The van der Waals surface area contributed by atoms with Crippen LogP contribution in [0.25, 0.3) is 0 Å². The zero-order valence-electron chi connectivity index (χ0n) is 11.0. The Morgan fingerprint density at radius 1 is 1.48 bits per heavy atom. The monoisotopic (exact) mass is 349 g/mol. The topological polar surface area (TPSA) is 119 Å². The maximum absolute atomic E-state index is 12.1. The molecule has 1 aliphatic heterocycles. The van der Waals surface area contributed by atoms with Gasteiger partial charge in [-0.1, -0.05) is 12.2 Å². The van der Waals surface area contributed by atoms with Gasteiger partial charge in [-0.2, -0.15) is 0 Å². The van der Waals surface area contributed by atoms with Crippen molar-refractivity contribution >= 4 is 37.1 Å². The molecule has 0 bridgehead atoms. The Labute approximate surface area is 128 Å². The van der Waals surface area contributed by atoms with Crippen LogP contribution in [-0.4, -0.2) is 44.9 Å². The summed E-state index contributed by atoms with van der Waals surface area (Å²) < 4.78 is 49.2. The van der Waals surface area contributed by atoms with Gasteiger partial charge in [0.05, 0.1) is 17.2 Å². The van der Waals surface area contributed by atoms with Gasteiger partial charge in [0.15, 0.2) is 9.84 Å². The van der Waals surface area contributed by atoms with Gasteiger partial charge >= 0.3 is 0 Å². The average Bonchev–Trinajstić information content (AvgIpc) is 2.76. The number of nitrogens with one attached hydrogen (secondary N) is 1. The van der Waals surface area contributed by atoms with E-state index in [9.17, 15) is 16.8 Å². The molecule has 0 aromatic carbocycles. The first-order valence-electron chi connectivity index (χ1n) is 6.15. The van der Waals surface area contributed by atoms with Gasteiger partial charge in [0.1, 0.15) is 9.88 Å². The lowest BCUT2D eigenvalue weighted by Crippen LogP contribution is -2.30. The number of thiocarbonyl (C=S) groups is 1. The minimum atomic E-state index is -3.72. The Kier molecular flexibility index (Phi) is 4.61. The van der Waals surface area contributed by atoms with Crippen LogP contribution in [0.3, 0.4) is 0 Å². The van der Waals surface area contributed by atoms with Crippen molar-refractivity contribution in [1.29, 1.82) is 0 Å². The van der Waals surface area contributed by atoms with Crippen molar-refractivity contribution in [2.24, 2.45) is 11.7 Å². The molecular weight excluding hydrogens is 334 g/mol. The van der Waals surface area contributed by atoms with E-state index in [0.717, 1.165) is 0 Å². The molecule has 1 aromatic rings. The number of pyridine rings is 1. The maximum Gasteiger partial charge on any atom is 0.242 e. The molecule has 1 saturated heterocycles. The Balaban J connectivity index is 2.03. The van der Waals surface area contributed by atoms with Gasteiger partial charge in [0, 0.05) is 12.7 Å². The molecule has 0 saturated carbocycles. The quantitative estimate of drug-likeness (QED) is 0.683. The highest BCUT2D eigenvalue weighted by molar-refractivity contribution is 7.91. The van der Waals surface area contributed by atoms with Gasteiger partial charge in [0.2, 0.25) is 10.0 Å². The Morgan fingerprint density at radius 2 is 2.19 bits per heavy atom. The van der Waals surface area contributed by atoms with E-state index in [-0.39, 0.29) is 33.9 Å². The summed E-state index contributed by atoms with van der Waals surface area (Å²) in [5.74, 6) is -0.0498. The summed E-state index contributed by atoms with van der Waals surface area (Å²) in [6.07, 6.45) is 1.64. The molecule has 10 heteroatoms. The number of sulfonamides is 1. The predicted octanol–water partition coefficient (Wildman–Crippen LogP) is -0.571. The molecule has 1 aliphatic rings. The largest absolute Gasteiger partial charge is 0.388 e. The summed E-state index contributed by atoms with van der Waals surface area (Å²) in [6, 6.07) is 2.78. The van der Waals surface area contributed by atoms with E-state index in [1.807, 2.05) is 0 Å². The van der Waals surface area contributed by atoms with Gasteiger partial charge in [-0.3, -0.25) is 4.98 Å². The second kappa shape index (κ2) is 5.95. The van der Waals surface area contributed by atoms with Crippen molar-refractivity contribution in [1.82, 2.24) is 9.71 Å². The van der Waals surface area contributed by atoms with Crippen molar-refractivity contribution in [3.8, 4) is 0 Å². The van der Waals surface area contributed by atoms with Gasteiger partial charge < -0.3 is 5.73 Å². The molecule has 0 amide bonds. The second-order valence-electron chi connectivity index (χ2n) is 4.86. The first-order valence-corrected chi connectivity index (χ1v) is 9.87. The van der Waals surface area contributed by atoms with E-state index in [1.165, 1.54) is 18.3 Å². The van der Waals surface area contributed by atoms with Gasteiger partial charge in [0.25, 0.3) is 0 Å². The lowest BCUT2D eigenvalue weighted by molar-refractivity contribution is 0.543. The smallest absolute Gasteiger partial charge is 0.242 e. The van der Waals surface area contributed by atoms with Gasteiger partial charge in [-0.25, -0.2) is 21.6 Å². The summed E-state index contributed by atoms with van der Waals surface area (Å²) in [4.78, 5) is 3.94. The van der Waals surface area contributed by atoms with Crippen LogP contribution in [0.1, 0.15) is 12.1 Å². The van der Waals surface area contributed by atoms with E-state index in [2.05, 4.69) is 9.71 Å². The molecule has 1 aromatic heterocycles. The van der Waals surface area contributed by atoms with Crippen LogP contribution < -0.4 is 10.5 Å². The van der Waals surface area contributed by atoms with E-state index in [0.29, 0.717) is 12.1 Å². The van der Waals surface area contributed by atoms with Crippen molar-refractivity contribution in [3.05, 3.63) is 24.0 Å². The van der Waals surface area contributed by atoms with Crippen LogP contribution in [-0.2, 0) is 19.9 Å². The standard InChI is InChI=1S/C11H15N3O4S3/c12-11(19)10-2-1-9(6-13-10)21(17,18)14-5-8-3-4-20(15,16)7-8/h1-2,6,8,14H,3-5,7H2,(H2,12,19). The minimum absolute atomic E-state index is 0.0108. The van der Waals surface area contributed by atoms with Crippen LogP contribution >= 0.6 is 12.2 Å². The Hall–Kier alpha value is -1.10. The first-order chi connectivity index (χ1) is 9.70. The molecule has 116 valence electrons. The fraction of sp³-hybridized carbons (Fsp3) is 0.455.